The van der Waals surface area contributed by atoms with E-state index < -0.39 is 0 Å². The Bertz CT molecular complexity index is 131. The Morgan fingerprint density at radius 3 is 2.19 bits per heavy atom. The first-order valence-electron chi connectivity index (χ1n) is 7.20. The summed E-state index contributed by atoms with van der Waals surface area (Å²) in [4.78, 5) is 2.56. The maximum absolute atomic E-state index is 5.65. The molecule has 16 heavy (non-hydrogen) atoms. The van der Waals surface area contributed by atoms with Crippen molar-refractivity contribution in [3.8, 4) is 0 Å². The Balaban J connectivity index is 3.65. The van der Waals surface area contributed by atoms with E-state index in [-0.39, 0.29) is 0 Å². The van der Waals surface area contributed by atoms with Crippen molar-refractivity contribution < 1.29 is 0 Å². The van der Waals surface area contributed by atoms with Crippen LogP contribution in [0.1, 0.15) is 59.3 Å². The Morgan fingerprint density at radius 2 is 1.69 bits per heavy atom. The summed E-state index contributed by atoms with van der Waals surface area (Å²) in [5, 5.41) is 0. The second kappa shape index (κ2) is 11.4. The Labute approximate surface area is 103 Å². The van der Waals surface area contributed by atoms with Crippen LogP contribution in [0, 0.1) is 5.92 Å². The number of hydrogen-bond donors (Lipinski definition) is 1. The van der Waals surface area contributed by atoms with Gasteiger partial charge in [0.25, 0.3) is 0 Å². The topological polar surface area (TPSA) is 29.3 Å². The van der Waals surface area contributed by atoms with E-state index in [1.807, 2.05) is 0 Å². The van der Waals surface area contributed by atoms with Gasteiger partial charge in [-0.1, -0.05) is 33.6 Å². The monoisotopic (exact) mass is 228 g/mol. The molecule has 0 radical (unpaired) electrons. The van der Waals surface area contributed by atoms with E-state index in [0.717, 1.165) is 12.5 Å². The summed E-state index contributed by atoms with van der Waals surface area (Å²) in [6, 6.07) is 0. The fraction of sp³-hybridized carbons (Fsp3) is 1.00. The molecule has 0 saturated heterocycles. The molecule has 0 rings (SSSR count). The van der Waals surface area contributed by atoms with Crippen molar-refractivity contribution in [2.45, 2.75) is 59.3 Å². The summed E-state index contributed by atoms with van der Waals surface area (Å²) >= 11 is 0. The SMILES string of the molecule is CCCC(CCN)CCCN(CC)CCC. The summed E-state index contributed by atoms with van der Waals surface area (Å²) in [6.07, 6.45) is 7.86. The van der Waals surface area contributed by atoms with Crippen molar-refractivity contribution >= 4 is 0 Å². The molecule has 0 saturated carbocycles. The van der Waals surface area contributed by atoms with Crippen LogP contribution in [-0.2, 0) is 0 Å². The summed E-state index contributed by atoms with van der Waals surface area (Å²) in [5.74, 6) is 0.871. The van der Waals surface area contributed by atoms with Gasteiger partial charge in [0.1, 0.15) is 0 Å². The van der Waals surface area contributed by atoms with Gasteiger partial charge < -0.3 is 10.6 Å². The van der Waals surface area contributed by atoms with Crippen molar-refractivity contribution in [1.29, 1.82) is 0 Å². The molecule has 0 bridgehead atoms. The normalized spacial score (nSPS) is 13.3. The lowest BCUT2D eigenvalue weighted by Gasteiger charge is -2.21. The van der Waals surface area contributed by atoms with Crippen molar-refractivity contribution in [1.82, 2.24) is 4.90 Å². The fourth-order valence-corrected chi connectivity index (χ4v) is 2.42. The first-order chi connectivity index (χ1) is 7.78. The molecule has 0 fully saturated rings. The summed E-state index contributed by atoms with van der Waals surface area (Å²) in [7, 11) is 0. The third-order valence-corrected chi connectivity index (χ3v) is 3.35. The number of rotatable bonds is 11. The first kappa shape index (κ1) is 15.9. The summed E-state index contributed by atoms with van der Waals surface area (Å²) < 4.78 is 0. The molecule has 0 spiro atoms. The van der Waals surface area contributed by atoms with Crippen LogP contribution in [0.3, 0.4) is 0 Å². The number of nitrogens with two attached hydrogens (primary N) is 1. The van der Waals surface area contributed by atoms with Crippen LogP contribution in [0.4, 0.5) is 0 Å². The van der Waals surface area contributed by atoms with E-state index >= 15 is 0 Å². The first-order valence-corrected chi connectivity index (χ1v) is 7.20. The third-order valence-electron chi connectivity index (χ3n) is 3.35. The van der Waals surface area contributed by atoms with Gasteiger partial charge in [-0.3, -0.25) is 0 Å². The molecule has 2 N–H and O–H groups in total. The minimum absolute atomic E-state index is 0.858. The molecule has 0 aliphatic rings. The molecular weight excluding hydrogens is 196 g/mol. The smallest absolute Gasteiger partial charge is 0.00188 e. The summed E-state index contributed by atoms with van der Waals surface area (Å²) in [6.45, 7) is 11.4. The molecule has 0 aliphatic carbocycles. The highest BCUT2D eigenvalue weighted by molar-refractivity contribution is 4.62. The Morgan fingerprint density at radius 1 is 0.938 bits per heavy atom. The van der Waals surface area contributed by atoms with Gasteiger partial charge in [0.05, 0.1) is 0 Å². The Hall–Kier alpha value is -0.0800. The third kappa shape index (κ3) is 8.12. The minimum atomic E-state index is 0.858. The average Bonchev–Trinajstić information content (AvgIpc) is 2.28. The van der Waals surface area contributed by atoms with Crippen LogP contribution in [-0.4, -0.2) is 31.1 Å². The summed E-state index contributed by atoms with van der Waals surface area (Å²) in [5.41, 5.74) is 5.65. The Kier molecular flexibility index (Phi) is 11.3. The van der Waals surface area contributed by atoms with Crippen molar-refractivity contribution in [2.24, 2.45) is 11.7 Å². The zero-order chi connectivity index (χ0) is 12.2. The van der Waals surface area contributed by atoms with Gasteiger partial charge in [-0.25, -0.2) is 0 Å². The van der Waals surface area contributed by atoms with Crippen molar-refractivity contribution in [3.05, 3.63) is 0 Å². The molecule has 2 heteroatoms. The van der Waals surface area contributed by atoms with Crippen LogP contribution in [0.25, 0.3) is 0 Å². The fourth-order valence-electron chi connectivity index (χ4n) is 2.42. The molecule has 0 aromatic carbocycles. The van der Waals surface area contributed by atoms with Gasteiger partial charge in [0.15, 0.2) is 0 Å². The molecule has 0 heterocycles. The highest BCUT2D eigenvalue weighted by Crippen LogP contribution is 2.17. The molecule has 98 valence electrons. The molecule has 0 amide bonds. The predicted octanol–water partition coefficient (Wildman–Crippen LogP) is 3.26. The number of nitrogens with zero attached hydrogens (tertiary/aromatic N) is 1. The lowest BCUT2D eigenvalue weighted by atomic mass is 9.94. The van der Waals surface area contributed by atoms with E-state index in [1.165, 1.54) is 58.2 Å². The van der Waals surface area contributed by atoms with E-state index in [1.54, 1.807) is 0 Å². The van der Waals surface area contributed by atoms with E-state index in [0.29, 0.717) is 0 Å². The van der Waals surface area contributed by atoms with Crippen LogP contribution < -0.4 is 5.73 Å². The highest BCUT2D eigenvalue weighted by atomic mass is 15.1. The van der Waals surface area contributed by atoms with Gasteiger partial charge in [-0.15, -0.1) is 0 Å². The number of hydrogen-bond acceptors (Lipinski definition) is 2. The standard InChI is InChI=1S/C14H32N2/c1-4-8-14(10-11-15)9-7-13-16(6-3)12-5-2/h14H,4-13,15H2,1-3H3. The highest BCUT2D eigenvalue weighted by Gasteiger charge is 2.07. The van der Waals surface area contributed by atoms with Crippen molar-refractivity contribution in [2.75, 3.05) is 26.2 Å². The lowest BCUT2D eigenvalue weighted by molar-refractivity contribution is 0.269. The second-order valence-electron chi connectivity index (χ2n) is 4.81. The van der Waals surface area contributed by atoms with E-state index in [4.69, 9.17) is 5.73 Å². The molecule has 0 aromatic rings. The molecular formula is C14H32N2. The van der Waals surface area contributed by atoms with Crippen LogP contribution >= 0.6 is 0 Å². The van der Waals surface area contributed by atoms with Gasteiger partial charge >= 0.3 is 0 Å². The molecule has 0 aromatic heterocycles. The molecule has 1 atom stereocenters. The van der Waals surface area contributed by atoms with Gasteiger partial charge in [0, 0.05) is 0 Å². The van der Waals surface area contributed by atoms with Gasteiger partial charge in [0.2, 0.25) is 0 Å². The van der Waals surface area contributed by atoms with Crippen molar-refractivity contribution in [3.63, 3.8) is 0 Å². The molecule has 1 unspecified atom stereocenters. The van der Waals surface area contributed by atoms with Crippen LogP contribution in [0.2, 0.25) is 0 Å². The van der Waals surface area contributed by atoms with Crippen LogP contribution in [0.5, 0.6) is 0 Å². The molecule has 0 aliphatic heterocycles. The van der Waals surface area contributed by atoms with E-state index in [9.17, 15) is 0 Å². The molecule has 2 nitrogen and oxygen atoms in total. The second-order valence-corrected chi connectivity index (χ2v) is 4.81. The largest absolute Gasteiger partial charge is 0.330 e. The maximum atomic E-state index is 5.65. The van der Waals surface area contributed by atoms with E-state index in [2.05, 4.69) is 25.7 Å². The van der Waals surface area contributed by atoms with Gasteiger partial charge in [-0.05, 0) is 57.8 Å². The van der Waals surface area contributed by atoms with Gasteiger partial charge in [-0.2, -0.15) is 0 Å². The zero-order valence-electron chi connectivity index (χ0n) is 11.7. The maximum Gasteiger partial charge on any atom is -0.00188 e. The predicted molar refractivity (Wildman–Crippen MR) is 73.7 cm³/mol. The van der Waals surface area contributed by atoms with Crippen LogP contribution in [0.15, 0.2) is 0 Å². The lowest BCUT2D eigenvalue weighted by Crippen LogP contribution is -2.25. The zero-order valence-corrected chi connectivity index (χ0v) is 11.7. The average molecular weight is 228 g/mol. The quantitative estimate of drug-likeness (QED) is 0.588. The minimum Gasteiger partial charge on any atom is -0.330 e.